The van der Waals surface area contributed by atoms with Gasteiger partial charge in [-0.3, -0.25) is 39.1 Å². The molecule has 0 fully saturated rings. The van der Waals surface area contributed by atoms with Crippen LogP contribution in [0.3, 0.4) is 0 Å². The van der Waals surface area contributed by atoms with Crippen LogP contribution in [-0.2, 0) is 30.9 Å². The predicted octanol–water partition coefficient (Wildman–Crippen LogP) is 18.7. The molecule has 0 bridgehead atoms. The molecular weight excluding hydrogens is 1530 g/mol. The van der Waals surface area contributed by atoms with Gasteiger partial charge in [-0.25, -0.2) is 29.3 Å². The maximum absolute atomic E-state index is 13.3. The molecule has 0 aliphatic carbocycles. The second kappa shape index (κ2) is 32.1. The van der Waals surface area contributed by atoms with Gasteiger partial charge >= 0.3 is 30.9 Å². The molecule has 0 aliphatic heterocycles. The van der Waals surface area contributed by atoms with Gasteiger partial charge in [-0.2, -0.15) is 65.9 Å². The number of fused-ring (bicyclic) bond motifs is 4. The number of nitro benzene ring substituents is 1. The largest absolute Gasteiger partial charge is 0.417 e. The molecule has 112 heavy (non-hydrogen) atoms. The van der Waals surface area contributed by atoms with Crippen molar-refractivity contribution in [1.82, 2.24) is 54.8 Å². The molecule has 0 saturated heterocycles. The molecule has 0 unspecified atom stereocenters. The number of hydrogen-bond acceptors (Lipinski definition) is 13. The number of nitrogens with one attached hydrogen (secondary N) is 5. The molecule has 0 amide bonds. The van der Waals surface area contributed by atoms with Crippen molar-refractivity contribution in [2.24, 2.45) is 0 Å². The monoisotopic (exact) mass is 1570 g/mol. The number of alkyl halides is 15. The zero-order chi connectivity index (χ0) is 80.8. The van der Waals surface area contributed by atoms with E-state index in [0.29, 0.717) is 63.3 Å². The van der Waals surface area contributed by atoms with E-state index in [4.69, 9.17) is 11.6 Å². The lowest BCUT2D eigenvalue weighted by Gasteiger charge is -2.15. The summed E-state index contributed by atoms with van der Waals surface area (Å²) in [5.41, 5.74) is -7.27. The number of H-pyrrole nitrogens is 5. The van der Waals surface area contributed by atoms with Crippen LogP contribution in [-0.4, -0.2) is 59.7 Å². The summed E-state index contributed by atoms with van der Waals surface area (Å²) in [4.78, 5) is 106. The van der Waals surface area contributed by atoms with Gasteiger partial charge in [0.15, 0.2) is 0 Å². The van der Waals surface area contributed by atoms with Crippen molar-refractivity contribution < 1.29 is 75.2 Å². The van der Waals surface area contributed by atoms with Crippen molar-refractivity contribution in [3.05, 3.63) is 331 Å². The second-order valence-electron chi connectivity index (χ2n) is 23.4. The first-order chi connectivity index (χ1) is 52.9. The summed E-state index contributed by atoms with van der Waals surface area (Å²) in [7, 11) is 0. The Hall–Kier alpha value is -13.9. The number of non-ortho nitro benzene ring substituents is 1. The maximum atomic E-state index is 13.3. The number of aromatic nitrogens is 11. The highest BCUT2D eigenvalue weighted by atomic mass is 35.5. The number of para-hydroxylation sites is 4. The van der Waals surface area contributed by atoms with Crippen LogP contribution < -0.4 is 27.8 Å². The van der Waals surface area contributed by atoms with Crippen molar-refractivity contribution in [3.63, 3.8) is 0 Å². The van der Waals surface area contributed by atoms with E-state index in [2.05, 4.69) is 54.8 Å². The van der Waals surface area contributed by atoms with Crippen LogP contribution >= 0.6 is 11.6 Å². The number of rotatable bonds is 7. The minimum Gasteiger partial charge on any atom is -0.306 e. The first kappa shape index (κ1) is 79.2. The molecule has 36 heteroatoms. The topological polar surface area (TPSA) is 285 Å². The van der Waals surface area contributed by atoms with Crippen molar-refractivity contribution in [3.8, 4) is 68.2 Å². The molecule has 15 rings (SSSR count). The van der Waals surface area contributed by atoms with Gasteiger partial charge in [-0.1, -0.05) is 103 Å². The third-order valence-corrected chi connectivity index (χ3v) is 16.3. The molecule has 6 aromatic heterocycles. The van der Waals surface area contributed by atoms with E-state index < -0.39 is 109 Å². The summed E-state index contributed by atoms with van der Waals surface area (Å²) in [5.74, 6) is -1.57. The second-order valence-corrected chi connectivity index (χ2v) is 23.8. The first-order valence-electron chi connectivity index (χ1n) is 31.8. The molecule has 0 spiro atoms. The SMILES string of the molecule is O=c1[nH]c(-c2cc(F)ccc2C(F)(F)F)nc2ccccc12.O=c1[nH]c(-c2ccc(C(F)(F)F)cc2C(F)(F)F)nc2ccccc12.O=c1[nH]c(-c2ccc([N+](=O)[O-])cc2Cl)nc2ccccc12.O=c1[nH]c(-c2ccccc2C(F)(F)F)nc2ccccc12.O=c1cc(-c2ccncc2)nc(-c2ccccc2C(F)(F)F)[nH]1. The lowest BCUT2D eigenvalue weighted by Crippen LogP contribution is -2.15. The van der Waals surface area contributed by atoms with Crippen molar-refractivity contribution >= 4 is 60.9 Å². The summed E-state index contributed by atoms with van der Waals surface area (Å²) in [6.07, 6.45) is -20.7. The first-order valence-corrected chi connectivity index (χ1v) is 32.2. The van der Waals surface area contributed by atoms with E-state index in [9.17, 15) is 104 Å². The van der Waals surface area contributed by atoms with Gasteiger partial charge in [-0.05, 0) is 109 Å². The van der Waals surface area contributed by atoms with Crippen molar-refractivity contribution in [2.45, 2.75) is 30.9 Å². The molecule has 6 heterocycles. The summed E-state index contributed by atoms with van der Waals surface area (Å²) >= 11 is 6.05. The summed E-state index contributed by atoms with van der Waals surface area (Å²) in [6, 6.07) is 47.3. The molecule has 0 saturated carbocycles. The van der Waals surface area contributed by atoms with Gasteiger partial charge in [0.2, 0.25) is 0 Å². The fraction of sp³-hybridized carbons (Fsp3) is 0.0658. The smallest absolute Gasteiger partial charge is 0.306 e. The van der Waals surface area contributed by atoms with Crippen LogP contribution in [0.25, 0.3) is 112 Å². The normalized spacial score (nSPS) is 11.7. The standard InChI is InChI=1S/C16H8F6N2O.C16H10F3N3O.C15H8F4N2O.C15H9F3N2O.C14H8ClN3O3/c17-15(18,19)8-5-6-9(11(7-8)16(20,21)22)13-23-12-4-2-1-3-10(12)14(25)24-13;17-16(18,19)12-4-2-1-3-11(12)15-21-13(9-14(23)22-15)10-5-7-20-8-6-10;16-8-5-6-11(15(17,18)19)10(7-8)13-20-12-4-2-1-3-9(12)14(22)21-13;16-15(17,18)11-7-3-1-5-9(11)13-19-12-8-4-2-6-10(12)14(21)20-13;15-11-7-8(18(20)21)5-6-9(11)13-16-12-4-2-1-3-10(12)14(19)17-13/h1-7H,(H,23,24,25);1-9H,(H,21,22,23);1-7H,(H,20,21,22);1-8H,(H,19,20,21);1-7H,(H,16,17,19). The average Bonchev–Trinajstić information content (AvgIpc) is 0.808. The Bertz CT molecular complexity index is 6390. The van der Waals surface area contributed by atoms with E-state index in [1.54, 1.807) is 78.9 Å². The Balaban J connectivity index is 0.000000139. The van der Waals surface area contributed by atoms with Gasteiger partial charge in [-0.15, -0.1) is 0 Å². The molecule has 0 atom stereocenters. The van der Waals surface area contributed by atoms with E-state index in [1.807, 2.05) is 0 Å². The third-order valence-electron chi connectivity index (χ3n) is 16.0. The van der Waals surface area contributed by atoms with E-state index in [0.717, 1.165) is 12.1 Å². The highest BCUT2D eigenvalue weighted by Gasteiger charge is 2.40. The highest BCUT2D eigenvalue weighted by Crippen LogP contribution is 2.42. The predicted molar refractivity (Wildman–Crippen MR) is 381 cm³/mol. The Morgan fingerprint density at radius 2 is 0.696 bits per heavy atom. The van der Waals surface area contributed by atoms with Crippen LogP contribution in [0, 0.1) is 15.9 Å². The summed E-state index contributed by atoms with van der Waals surface area (Å²) < 4.78 is 209. The van der Waals surface area contributed by atoms with Gasteiger partial charge < -0.3 is 24.9 Å². The minimum atomic E-state index is -5.05. The van der Waals surface area contributed by atoms with E-state index in [1.165, 1.54) is 103 Å². The van der Waals surface area contributed by atoms with Crippen LogP contribution in [0.1, 0.15) is 27.8 Å². The Morgan fingerprint density at radius 3 is 1.10 bits per heavy atom. The van der Waals surface area contributed by atoms with Gasteiger partial charge in [0.25, 0.3) is 33.5 Å². The Labute approximate surface area is 618 Å². The van der Waals surface area contributed by atoms with E-state index >= 15 is 0 Å². The Kier molecular flexibility index (Phi) is 22.7. The number of hydrogen-bond donors (Lipinski definition) is 5. The quantitative estimate of drug-likeness (QED) is 0.0564. The minimum absolute atomic E-state index is 0.00448. The summed E-state index contributed by atoms with van der Waals surface area (Å²) in [6.45, 7) is 0. The number of aromatic amines is 5. The highest BCUT2D eigenvalue weighted by molar-refractivity contribution is 6.33. The Morgan fingerprint density at radius 1 is 0.339 bits per heavy atom. The van der Waals surface area contributed by atoms with Crippen LogP contribution in [0.15, 0.2) is 255 Å². The molecule has 568 valence electrons. The number of pyridine rings is 1. The molecule has 0 radical (unpaired) electrons. The number of nitrogens with zero attached hydrogens (tertiary/aromatic N) is 7. The average molecular weight is 1580 g/mol. The van der Waals surface area contributed by atoms with Crippen LogP contribution in [0.5, 0.6) is 0 Å². The number of nitro groups is 1. The molecule has 9 aromatic carbocycles. The lowest BCUT2D eigenvalue weighted by atomic mass is 10.0. The molecule has 0 aliphatic rings. The number of halogens is 17. The summed E-state index contributed by atoms with van der Waals surface area (Å²) in [5, 5.41) is 12.1. The van der Waals surface area contributed by atoms with Gasteiger partial charge in [0.05, 0.1) is 87.1 Å². The maximum Gasteiger partial charge on any atom is 0.417 e. The molecule has 5 N–H and O–H groups in total. The van der Waals surface area contributed by atoms with Crippen molar-refractivity contribution in [1.29, 1.82) is 0 Å². The fourth-order valence-electron chi connectivity index (χ4n) is 10.9. The molecule has 15 aromatic rings. The fourth-order valence-corrected chi connectivity index (χ4v) is 11.2. The van der Waals surface area contributed by atoms with Crippen molar-refractivity contribution in [2.75, 3.05) is 0 Å². The van der Waals surface area contributed by atoms with Gasteiger partial charge in [0.1, 0.15) is 34.9 Å². The molecule has 19 nitrogen and oxygen atoms in total. The third kappa shape index (κ3) is 18.5. The zero-order valence-electron chi connectivity index (χ0n) is 55.9. The number of benzene rings is 9. The lowest BCUT2D eigenvalue weighted by molar-refractivity contribution is -0.384. The zero-order valence-corrected chi connectivity index (χ0v) is 56.6. The molecular formula is C76H43ClF16N12O7. The van der Waals surface area contributed by atoms with Crippen LogP contribution in [0.4, 0.5) is 75.9 Å². The van der Waals surface area contributed by atoms with Gasteiger partial charge in [0, 0.05) is 64.0 Å². The van der Waals surface area contributed by atoms with Crippen LogP contribution in [0.2, 0.25) is 5.02 Å². The van der Waals surface area contributed by atoms with E-state index in [-0.39, 0.29) is 84.3 Å².